The van der Waals surface area contributed by atoms with Gasteiger partial charge in [-0.1, -0.05) is 23.2 Å². The lowest BCUT2D eigenvalue weighted by Crippen LogP contribution is -2.21. The number of H-pyrrole nitrogens is 2. The van der Waals surface area contributed by atoms with Crippen LogP contribution in [0.1, 0.15) is 28.8 Å². The number of aromatic nitrogens is 2. The van der Waals surface area contributed by atoms with Crippen LogP contribution in [-0.2, 0) is 0 Å². The second kappa shape index (κ2) is 6.53. The number of aromatic amines is 2. The Balaban J connectivity index is 1.76. The van der Waals surface area contributed by atoms with Gasteiger partial charge >= 0.3 is 5.69 Å². The SMILES string of the molecule is Cc1ccc(Cl)c(C(=O)Nc2cc3[nH]c(=O)[nH]c3cc2N2CCCC2)c1. The van der Waals surface area contributed by atoms with E-state index in [0.717, 1.165) is 42.7 Å². The Hall–Kier alpha value is -2.73. The third-order valence-electron chi connectivity index (χ3n) is 4.69. The summed E-state index contributed by atoms with van der Waals surface area (Å²) in [7, 11) is 0. The van der Waals surface area contributed by atoms with E-state index in [-0.39, 0.29) is 11.6 Å². The highest BCUT2D eigenvalue weighted by atomic mass is 35.5. The normalized spacial score (nSPS) is 14.2. The number of amides is 1. The van der Waals surface area contributed by atoms with Gasteiger partial charge in [0, 0.05) is 13.1 Å². The number of anilines is 2. The van der Waals surface area contributed by atoms with Crippen molar-refractivity contribution < 1.29 is 4.79 Å². The number of carbonyl (C=O) groups excluding carboxylic acids is 1. The fourth-order valence-corrected chi connectivity index (χ4v) is 3.60. The van der Waals surface area contributed by atoms with Crippen LogP contribution in [0, 0.1) is 6.92 Å². The lowest BCUT2D eigenvalue weighted by Gasteiger charge is -2.22. The predicted molar refractivity (Wildman–Crippen MR) is 105 cm³/mol. The second-order valence-corrected chi connectivity index (χ2v) is 7.03. The molecule has 2 heterocycles. The summed E-state index contributed by atoms with van der Waals surface area (Å²) in [5, 5.41) is 3.38. The number of benzene rings is 2. The average molecular weight is 371 g/mol. The van der Waals surface area contributed by atoms with Gasteiger partial charge in [0.05, 0.1) is 33.0 Å². The van der Waals surface area contributed by atoms with Crippen LogP contribution in [0.4, 0.5) is 11.4 Å². The van der Waals surface area contributed by atoms with E-state index in [4.69, 9.17) is 11.6 Å². The van der Waals surface area contributed by atoms with Crippen molar-refractivity contribution >= 4 is 39.9 Å². The van der Waals surface area contributed by atoms with Gasteiger partial charge in [0.25, 0.3) is 5.91 Å². The van der Waals surface area contributed by atoms with Gasteiger partial charge in [-0.3, -0.25) is 4.79 Å². The smallest absolute Gasteiger partial charge is 0.323 e. The molecule has 1 fully saturated rings. The molecule has 0 bridgehead atoms. The van der Waals surface area contributed by atoms with Gasteiger partial charge in [-0.05, 0) is 44.0 Å². The van der Waals surface area contributed by atoms with Gasteiger partial charge in [0.2, 0.25) is 0 Å². The molecule has 1 aliphatic heterocycles. The molecule has 7 heteroatoms. The molecule has 6 nitrogen and oxygen atoms in total. The van der Waals surface area contributed by atoms with E-state index in [9.17, 15) is 9.59 Å². The largest absolute Gasteiger partial charge is 0.370 e. The van der Waals surface area contributed by atoms with Crippen molar-refractivity contribution in [3.63, 3.8) is 0 Å². The summed E-state index contributed by atoms with van der Waals surface area (Å²) in [4.78, 5) is 32.2. The predicted octanol–water partition coefficient (Wildman–Crippen LogP) is 3.67. The molecule has 1 amide bonds. The number of halogens is 1. The number of nitrogens with zero attached hydrogens (tertiary/aromatic N) is 1. The van der Waals surface area contributed by atoms with Crippen molar-refractivity contribution in [1.82, 2.24) is 9.97 Å². The number of nitrogens with one attached hydrogen (secondary N) is 3. The second-order valence-electron chi connectivity index (χ2n) is 6.63. The summed E-state index contributed by atoms with van der Waals surface area (Å²) in [5.74, 6) is -0.267. The average Bonchev–Trinajstić information content (AvgIpc) is 3.24. The van der Waals surface area contributed by atoms with E-state index in [1.54, 1.807) is 18.2 Å². The summed E-state index contributed by atoms with van der Waals surface area (Å²) in [6.45, 7) is 3.77. The molecular weight excluding hydrogens is 352 g/mol. The minimum Gasteiger partial charge on any atom is -0.370 e. The van der Waals surface area contributed by atoms with E-state index in [1.165, 1.54) is 0 Å². The molecule has 134 valence electrons. The van der Waals surface area contributed by atoms with Crippen molar-refractivity contribution in [2.75, 3.05) is 23.3 Å². The molecular formula is C19H19ClN4O2. The van der Waals surface area contributed by atoms with Gasteiger partial charge in [-0.25, -0.2) is 4.79 Å². The summed E-state index contributed by atoms with van der Waals surface area (Å²) in [6.07, 6.45) is 2.22. The molecule has 1 saturated heterocycles. The van der Waals surface area contributed by atoms with Crippen LogP contribution >= 0.6 is 11.6 Å². The molecule has 1 aliphatic rings. The molecule has 26 heavy (non-hydrogen) atoms. The van der Waals surface area contributed by atoms with Crippen molar-refractivity contribution in [2.24, 2.45) is 0 Å². The van der Waals surface area contributed by atoms with Gasteiger partial charge in [-0.2, -0.15) is 0 Å². The Labute approximate surface area is 155 Å². The molecule has 3 N–H and O–H groups in total. The highest BCUT2D eigenvalue weighted by Crippen LogP contribution is 2.33. The van der Waals surface area contributed by atoms with Crippen LogP contribution in [-0.4, -0.2) is 29.0 Å². The Morgan fingerprint density at radius 2 is 1.81 bits per heavy atom. The van der Waals surface area contributed by atoms with E-state index >= 15 is 0 Å². The molecule has 0 unspecified atom stereocenters. The Bertz CT molecular complexity index is 1050. The fourth-order valence-electron chi connectivity index (χ4n) is 3.39. The molecule has 0 atom stereocenters. The van der Waals surface area contributed by atoms with Crippen LogP contribution < -0.4 is 15.9 Å². The zero-order chi connectivity index (χ0) is 18.3. The third-order valence-corrected chi connectivity index (χ3v) is 5.02. The quantitative estimate of drug-likeness (QED) is 0.658. The number of carbonyl (C=O) groups is 1. The maximum Gasteiger partial charge on any atom is 0.323 e. The highest BCUT2D eigenvalue weighted by molar-refractivity contribution is 6.34. The molecule has 3 aromatic rings. The minimum absolute atomic E-state index is 0.266. The first-order valence-corrected chi connectivity index (χ1v) is 8.97. The molecule has 0 saturated carbocycles. The summed E-state index contributed by atoms with van der Waals surface area (Å²) in [5.41, 5.74) is 4.08. The highest BCUT2D eigenvalue weighted by Gasteiger charge is 2.20. The number of hydrogen-bond acceptors (Lipinski definition) is 3. The van der Waals surface area contributed by atoms with Crippen LogP contribution in [0.5, 0.6) is 0 Å². The zero-order valence-corrected chi connectivity index (χ0v) is 15.1. The van der Waals surface area contributed by atoms with E-state index in [2.05, 4.69) is 20.2 Å². The molecule has 0 spiro atoms. The van der Waals surface area contributed by atoms with Gasteiger partial charge in [-0.15, -0.1) is 0 Å². The Kier molecular flexibility index (Phi) is 4.20. The molecule has 0 radical (unpaired) electrons. The number of fused-ring (bicyclic) bond motifs is 1. The number of aryl methyl sites for hydroxylation is 1. The Morgan fingerprint density at radius 1 is 1.12 bits per heavy atom. The summed E-state index contributed by atoms with van der Waals surface area (Å²) < 4.78 is 0. The fraction of sp³-hybridized carbons (Fsp3) is 0.263. The van der Waals surface area contributed by atoms with Crippen LogP contribution in [0.15, 0.2) is 35.1 Å². The van der Waals surface area contributed by atoms with Crippen LogP contribution in [0.3, 0.4) is 0 Å². The standard InChI is InChI=1S/C19H19ClN4O2/c1-11-4-5-13(20)12(8-11)18(25)21-16-9-14-15(23-19(26)22-14)10-17(16)24-6-2-3-7-24/h4-5,8-10H,2-3,6-7H2,1H3,(H,21,25)(H2,22,23,26). The topological polar surface area (TPSA) is 81.0 Å². The number of rotatable bonds is 3. The molecule has 1 aromatic heterocycles. The first-order valence-electron chi connectivity index (χ1n) is 8.60. The molecule has 4 rings (SSSR count). The van der Waals surface area contributed by atoms with Crippen molar-refractivity contribution in [3.8, 4) is 0 Å². The minimum atomic E-state index is -0.267. The van der Waals surface area contributed by atoms with Crippen LogP contribution in [0.25, 0.3) is 11.0 Å². The number of hydrogen-bond donors (Lipinski definition) is 3. The summed E-state index contributed by atoms with van der Waals surface area (Å²) >= 11 is 6.20. The molecule has 2 aromatic carbocycles. The lowest BCUT2D eigenvalue weighted by atomic mass is 10.1. The third kappa shape index (κ3) is 3.08. The van der Waals surface area contributed by atoms with E-state index < -0.39 is 0 Å². The Morgan fingerprint density at radius 3 is 2.54 bits per heavy atom. The van der Waals surface area contributed by atoms with Crippen LogP contribution in [0.2, 0.25) is 5.02 Å². The van der Waals surface area contributed by atoms with Gasteiger partial charge < -0.3 is 20.2 Å². The van der Waals surface area contributed by atoms with E-state index in [0.29, 0.717) is 21.8 Å². The first kappa shape index (κ1) is 16.7. The maximum atomic E-state index is 12.8. The zero-order valence-electron chi connectivity index (χ0n) is 14.4. The van der Waals surface area contributed by atoms with Gasteiger partial charge in [0.15, 0.2) is 0 Å². The van der Waals surface area contributed by atoms with Crippen molar-refractivity contribution in [1.29, 1.82) is 0 Å². The van der Waals surface area contributed by atoms with Gasteiger partial charge in [0.1, 0.15) is 0 Å². The van der Waals surface area contributed by atoms with E-state index in [1.807, 2.05) is 19.1 Å². The summed E-state index contributed by atoms with van der Waals surface area (Å²) in [6, 6.07) is 9.06. The lowest BCUT2D eigenvalue weighted by molar-refractivity contribution is 0.102. The molecule has 0 aliphatic carbocycles. The van der Waals surface area contributed by atoms with Crippen molar-refractivity contribution in [2.45, 2.75) is 19.8 Å². The first-order chi connectivity index (χ1) is 12.5. The monoisotopic (exact) mass is 370 g/mol. The number of imidazole rings is 1. The maximum absolute atomic E-state index is 12.8. The van der Waals surface area contributed by atoms with Crippen molar-refractivity contribution in [3.05, 3.63) is 57.0 Å².